The first kappa shape index (κ1) is 20.0. The topological polar surface area (TPSA) is 55.2 Å². The van der Waals surface area contributed by atoms with Gasteiger partial charge in [0.05, 0.1) is 5.69 Å². The fourth-order valence-electron chi connectivity index (χ4n) is 2.91. The number of aromatic nitrogens is 2. The van der Waals surface area contributed by atoms with Crippen LogP contribution in [0, 0.1) is 5.82 Å². The Hall–Kier alpha value is -2.71. The molecule has 150 valence electrons. The van der Waals surface area contributed by atoms with Crippen LogP contribution in [0.15, 0.2) is 35.1 Å². The second kappa shape index (κ2) is 7.73. The van der Waals surface area contributed by atoms with E-state index in [0.717, 1.165) is 6.07 Å². The summed E-state index contributed by atoms with van der Waals surface area (Å²) in [6.45, 7) is 1.41. The van der Waals surface area contributed by atoms with Crippen molar-refractivity contribution in [1.82, 2.24) is 14.7 Å². The number of hydrogen-bond acceptors (Lipinski definition) is 3. The van der Waals surface area contributed by atoms with E-state index in [1.54, 1.807) is 13.0 Å². The van der Waals surface area contributed by atoms with Gasteiger partial charge in [0.15, 0.2) is 0 Å². The van der Waals surface area contributed by atoms with Crippen molar-refractivity contribution in [2.75, 3.05) is 6.54 Å². The lowest BCUT2D eigenvalue weighted by atomic mass is 10.2. The number of hydrogen-bond donors (Lipinski definition) is 0. The molecule has 9 heteroatoms. The third-order valence-corrected chi connectivity index (χ3v) is 4.58. The van der Waals surface area contributed by atoms with E-state index in [0.29, 0.717) is 23.1 Å². The zero-order chi connectivity index (χ0) is 20.5. The lowest BCUT2D eigenvalue weighted by Gasteiger charge is -2.22. The third kappa shape index (κ3) is 4.58. The maximum atomic E-state index is 13.3. The average molecular weight is 397 g/mol. The predicted molar refractivity (Wildman–Crippen MR) is 93.0 cm³/mol. The molecule has 0 aliphatic heterocycles. The average Bonchev–Trinajstić information content (AvgIpc) is 3.45. The highest BCUT2D eigenvalue weighted by molar-refractivity contribution is 5.75. The molecule has 0 N–H and O–H groups in total. The van der Waals surface area contributed by atoms with Crippen molar-refractivity contribution in [1.29, 1.82) is 0 Å². The van der Waals surface area contributed by atoms with Gasteiger partial charge >= 0.3 is 6.18 Å². The second-order valence-corrected chi connectivity index (χ2v) is 6.76. The number of carbonyl (C=O) groups is 1. The fraction of sp³-hybridized carbons (Fsp3) is 0.421. The molecule has 1 amide bonds. The minimum atomic E-state index is -4.82. The van der Waals surface area contributed by atoms with Crippen molar-refractivity contribution < 1.29 is 22.4 Å². The van der Waals surface area contributed by atoms with Crippen molar-refractivity contribution in [3.63, 3.8) is 0 Å². The number of carbonyl (C=O) groups excluding carboxylic acids is 1. The number of benzene rings is 1. The van der Waals surface area contributed by atoms with Gasteiger partial charge in [-0.15, -0.1) is 0 Å². The summed E-state index contributed by atoms with van der Waals surface area (Å²) in [5.74, 6) is -1.13. The van der Waals surface area contributed by atoms with Crippen LogP contribution in [0.5, 0.6) is 0 Å². The molecule has 1 fully saturated rings. The first-order chi connectivity index (χ1) is 13.2. The highest BCUT2D eigenvalue weighted by Crippen LogP contribution is 2.40. The number of amides is 1. The number of nitrogens with zero attached hydrogens (tertiary/aromatic N) is 3. The zero-order valence-electron chi connectivity index (χ0n) is 15.2. The van der Waals surface area contributed by atoms with E-state index in [4.69, 9.17) is 0 Å². The van der Waals surface area contributed by atoms with Crippen LogP contribution in [0.1, 0.15) is 42.5 Å². The van der Waals surface area contributed by atoms with Crippen molar-refractivity contribution in [2.24, 2.45) is 0 Å². The van der Waals surface area contributed by atoms with E-state index in [-0.39, 0.29) is 24.7 Å². The summed E-state index contributed by atoms with van der Waals surface area (Å²) in [6.07, 6.45) is -3.41. The van der Waals surface area contributed by atoms with Crippen LogP contribution in [0.4, 0.5) is 17.6 Å². The van der Waals surface area contributed by atoms with Crippen LogP contribution in [0.2, 0.25) is 0 Å². The van der Waals surface area contributed by atoms with Crippen LogP contribution >= 0.6 is 0 Å². The summed E-state index contributed by atoms with van der Waals surface area (Å²) >= 11 is 0. The lowest BCUT2D eigenvalue weighted by Crippen LogP contribution is -2.39. The molecule has 3 rings (SSSR count). The van der Waals surface area contributed by atoms with Crippen LogP contribution < -0.4 is 5.56 Å². The van der Waals surface area contributed by atoms with Gasteiger partial charge in [0.25, 0.3) is 5.56 Å². The molecule has 28 heavy (non-hydrogen) atoms. The van der Waals surface area contributed by atoms with E-state index in [2.05, 4.69) is 5.10 Å². The third-order valence-electron chi connectivity index (χ3n) is 4.58. The Bertz CT molecular complexity index is 936. The Morgan fingerprint density at radius 1 is 1.29 bits per heavy atom. The maximum absolute atomic E-state index is 13.3. The first-order valence-corrected chi connectivity index (χ1v) is 8.90. The largest absolute Gasteiger partial charge is 0.421 e. The monoisotopic (exact) mass is 397 g/mol. The summed E-state index contributed by atoms with van der Waals surface area (Å²) in [6, 6.07) is 6.47. The smallest absolute Gasteiger partial charge is 0.337 e. The van der Waals surface area contributed by atoms with Crippen molar-refractivity contribution in [2.45, 2.75) is 44.9 Å². The Morgan fingerprint density at radius 2 is 2.00 bits per heavy atom. The molecule has 1 heterocycles. The molecular weight excluding hydrogens is 378 g/mol. The first-order valence-electron chi connectivity index (χ1n) is 8.90. The molecule has 1 aromatic carbocycles. The molecule has 1 aromatic heterocycles. The standard InChI is InChI=1S/C19H19F4N3O2/c1-2-25(10-12-4-3-5-14(20)8-12)17(27)11-26-18(28)15(19(21,22)23)9-16(24-26)13-6-7-13/h3-5,8-9,13H,2,6-7,10-11H2,1H3. The van der Waals surface area contributed by atoms with Gasteiger partial charge in [0.2, 0.25) is 5.91 Å². The van der Waals surface area contributed by atoms with E-state index >= 15 is 0 Å². The SMILES string of the molecule is CCN(Cc1cccc(F)c1)C(=O)Cn1nc(C2CC2)cc(C(F)(F)F)c1=O. The lowest BCUT2D eigenvalue weighted by molar-refractivity contribution is -0.140. The Kier molecular flexibility index (Phi) is 5.53. The molecule has 5 nitrogen and oxygen atoms in total. The molecule has 0 radical (unpaired) electrons. The zero-order valence-corrected chi connectivity index (χ0v) is 15.2. The second-order valence-electron chi connectivity index (χ2n) is 6.76. The summed E-state index contributed by atoms with van der Waals surface area (Å²) in [5.41, 5.74) is -1.94. The summed E-state index contributed by atoms with van der Waals surface area (Å²) in [5, 5.41) is 3.98. The predicted octanol–water partition coefficient (Wildman–Crippen LogP) is 3.33. The Labute approximate surface area is 158 Å². The molecular formula is C19H19F4N3O2. The summed E-state index contributed by atoms with van der Waals surface area (Å²) in [7, 11) is 0. The molecule has 0 unspecified atom stereocenters. The van der Waals surface area contributed by atoms with Crippen LogP contribution in [-0.4, -0.2) is 27.1 Å². The van der Waals surface area contributed by atoms with Gasteiger partial charge in [-0.25, -0.2) is 9.07 Å². The molecule has 1 aliphatic rings. The molecule has 0 saturated heterocycles. The van der Waals surface area contributed by atoms with Crippen LogP contribution in [-0.2, 0) is 24.1 Å². The minimum absolute atomic E-state index is 0.0797. The van der Waals surface area contributed by atoms with Crippen molar-refractivity contribution >= 4 is 5.91 Å². The van der Waals surface area contributed by atoms with Gasteiger partial charge in [-0.1, -0.05) is 12.1 Å². The summed E-state index contributed by atoms with van der Waals surface area (Å²) in [4.78, 5) is 26.1. The molecule has 2 aromatic rings. The molecule has 0 spiro atoms. The van der Waals surface area contributed by atoms with Gasteiger partial charge in [-0.05, 0) is 43.5 Å². The van der Waals surface area contributed by atoms with E-state index < -0.39 is 35.6 Å². The van der Waals surface area contributed by atoms with Gasteiger partial charge < -0.3 is 4.90 Å². The number of halogens is 4. The minimum Gasteiger partial charge on any atom is -0.337 e. The van der Waals surface area contributed by atoms with Gasteiger partial charge in [0.1, 0.15) is 17.9 Å². The number of rotatable bonds is 6. The Morgan fingerprint density at radius 3 is 2.57 bits per heavy atom. The molecule has 0 bridgehead atoms. The summed E-state index contributed by atoms with van der Waals surface area (Å²) < 4.78 is 53.6. The number of likely N-dealkylation sites (N-methyl/N-ethyl adjacent to an activating group) is 1. The maximum Gasteiger partial charge on any atom is 0.421 e. The van der Waals surface area contributed by atoms with Crippen LogP contribution in [0.3, 0.4) is 0 Å². The van der Waals surface area contributed by atoms with Gasteiger partial charge in [-0.2, -0.15) is 18.3 Å². The van der Waals surface area contributed by atoms with E-state index in [1.165, 1.54) is 23.1 Å². The highest BCUT2D eigenvalue weighted by Gasteiger charge is 2.38. The normalized spacial score (nSPS) is 14.2. The molecule has 1 aliphatic carbocycles. The fourth-order valence-corrected chi connectivity index (χ4v) is 2.91. The van der Waals surface area contributed by atoms with E-state index in [9.17, 15) is 27.2 Å². The van der Waals surface area contributed by atoms with E-state index in [1.807, 2.05) is 0 Å². The van der Waals surface area contributed by atoms with Crippen LogP contribution in [0.25, 0.3) is 0 Å². The van der Waals surface area contributed by atoms with Crippen molar-refractivity contribution in [3.8, 4) is 0 Å². The quantitative estimate of drug-likeness (QED) is 0.703. The van der Waals surface area contributed by atoms with Gasteiger partial charge in [0, 0.05) is 19.0 Å². The van der Waals surface area contributed by atoms with Crippen molar-refractivity contribution in [3.05, 3.63) is 63.3 Å². The number of alkyl halides is 3. The molecule has 1 saturated carbocycles. The Balaban J connectivity index is 1.85. The van der Waals surface area contributed by atoms with Gasteiger partial charge in [-0.3, -0.25) is 9.59 Å². The molecule has 0 atom stereocenters. The highest BCUT2D eigenvalue weighted by atomic mass is 19.4.